The molecular weight excluding hydrogens is 470 g/mol. The van der Waals surface area contributed by atoms with E-state index in [9.17, 15) is 14.7 Å². The highest BCUT2D eigenvalue weighted by molar-refractivity contribution is 6.30. The molecule has 8 nitrogen and oxygen atoms in total. The third-order valence-electron chi connectivity index (χ3n) is 5.93. The lowest BCUT2D eigenvalue weighted by atomic mass is 10.2. The molecule has 0 saturated heterocycles. The van der Waals surface area contributed by atoms with Gasteiger partial charge < -0.3 is 23.8 Å². The zero-order valence-electron chi connectivity index (χ0n) is 20.1. The molecule has 0 bridgehead atoms. The van der Waals surface area contributed by atoms with Crippen LogP contribution in [0.5, 0.6) is 0 Å². The summed E-state index contributed by atoms with van der Waals surface area (Å²) >= 11 is 5.90. The fourth-order valence-electron chi connectivity index (χ4n) is 3.91. The molecule has 184 valence electrons. The second kappa shape index (κ2) is 10.1. The summed E-state index contributed by atoms with van der Waals surface area (Å²) in [7, 11) is 3.56. The number of halogens is 1. The Morgan fingerprint density at radius 2 is 1.91 bits per heavy atom. The molecule has 1 unspecified atom stereocenters. The standard InChI is InChI=1S/C26H28ClN3O5/c1-15-9-23(34-16(15)2)22(31)14-29(3)12-19-10-20-24(32)21(13-30(4)26(20)35-19)25(33)28-11-17-5-7-18(27)8-6-17/h5-10,13,22,31H,11-12,14H2,1-4H3,(H,28,33). The van der Waals surface area contributed by atoms with Crippen LogP contribution in [-0.4, -0.2) is 34.1 Å². The number of carbonyl (C=O) groups is 1. The molecule has 1 amide bonds. The van der Waals surface area contributed by atoms with Crippen LogP contribution in [-0.2, 0) is 20.1 Å². The second-order valence-electron chi connectivity index (χ2n) is 8.82. The average molecular weight is 498 g/mol. The van der Waals surface area contributed by atoms with E-state index in [-0.39, 0.29) is 12.1 Å². The van der Waals surface area contributed by atoms with Crippen LogP contribution in [0.3, 0.4) is 0 Å². The van der Waals surface area contributed by atoms with Gasteiger partial charge in [0.2, 0.25) is 11.1 Å². The minimum Gasteiger partial charge on any atom is -0.463 e. The van der Waals surface area contributed by atoms with Crippen LogP contribution in [0, 0.1) is 13.8 Å². The Kier molecular flexibility index (Phi) is 7.16. The number of aromatic nitrogens is 1. The van der Waals surface area contributed by atoms with Gasteiger partial charge in [0.15, 0.2) is 0 Å². The first-order valence-electron chi connectivity index (χ1n) is 11.2. The van der Waals surface area contributed by atoms with Crippen molar-refractivity contribution in [3.8, 4) is 0 Å². The molecule has 3 aromatic heterocycles. The van der Waals surface area contributed by atoms with Crippen molar-refractivity contribution in [3.63, 3.8) is 0 Å². The van der Waals surface area contributed by atoms with Crippen molar-refractivity contribution >= 4 is 28.6 Å². The number of pyridine rings is 1. The Balaban J connectivity index is 1.47. The summed E-state index contributed by atoms with van der Waals surface area (Å²) in [6, 6.07) is 10.6. The van der Waals surface area contributed by atoms with E-state index in [2.05, 4.69) is 5.32 Å². The maximum atomic E-state index is 13.1. The molecule has 0 fully saturated rings. The smallest absolute Gasteiger partial charge is 0.257 e. The van der Waals surface area contributed by atoms with Gasteiger partial charge in [0.05, 0.1) is 11.9 Å². The number of furan rings is 2. The van der Waals surface area contributed by atoms with Crippen LogP contribution in [0.15, 0.2) is 56.2 Å². The number of hydrogen-bond acceptors (Lipinski definition) is 6. The lowest BCUT2D eigenvalue weighted by Gasteiger charge is -2.18. The van der Waals surface area contributed by atoms with Crippen molar-refractivity contribution in [2.24, 2.45) is 7.05 Å². The SMILES string of the molecule is Cc1cc(C(O)CN(C)Cc2cc3c(=O)c(C(=O)NCc4ccc(Cl)cc4)cn(C)c3o2)oc1C. The maximum absolute atomic E-state index is 13.1. The van der Waals surface area contributed by atoms with Crippen molar-refractivity contribution in [2.45, 2.75) is 33.0 Å². The summed E-state index contributed by atoms with van der Waals surface area (Å²) in [6.07, 6.45) is 0.684. The van der Waals surface area contributed by atoms with Gasteiger partial charge in [0, 0.05) is 31.4 Å². The molecule has 0 saturated carbocycles. The molecule has 0 aliphatic rings. The topological polar surface area (TPSA) is 101 Å². The minimum atomic E-state index is -0.793. The number of nitrogens with one attached hydrogen (secondary N) is 1. The number of amides is 1. The van der Waals surface area contributed by atoms with E-state index >= 15 is 0 Å². The zero-order valence-corrected chi connectivity index (χ0v) is 20.8. The van der Waals surface area contributed by atoms with Crippen molar-refractivity contribution in [1.82, 2.24) is 14.8 Å². The van der Waals surface area contributed by atoms with Crippen molar-refractivity contribution in [2.75, 3.05) is 13.6 Å². The van der Waals surface area contributed by atoms with Crippen LogP contribution in [0.4, 0.5) is 0 Å². The number of carbonyl (C=O) groups excluding carboxylic acids is 1. The molecule has 1 aromatic carbocycles. The van der Waals surface area contributed by atoms with Crippen molar-refractivity contribution in [1.29, 1.82) is 0 Å². The molecule has 9 heteroatoms. The molecule has 35 heavy (non-hydrogen) atoms. The Morgan fingerprint density at radius 1 is 1.20 bits per heavy atom. The Hall–Kier alpha value is -3.33. The predicted molar refractivity (Wildman–Crippen MR) is 134 cm³/mol. The number of likely N-dealkylation sites (N-methyl/N-ethyl adjacent to an activating group) is 1. The van der Waals surface area contributed by atoms with Gasteiger partial charge in [-0.25, -0.2) is 0 Å². The number of fused-ring (bicyclic) bond motifs is 1. The van der Waals surface area contributed by atoms with Gasteiger partial charge in [-0.05, 0) is 56.3 Å². The molecule has 4 aromatic rings. The summed E-state index contributed by atoms with van der Waals surface area (Å²) in [5.74, 6) is 1.38. The van der Waals surface area contributed by atoms with Gasteiger partial charge in [-0.1, -0.05) is 23.7 Å². The Labute approximate surface area is 207 Å². The molecule has 4 rings (SSSR count). The normalized spacial score (nSPS) is 12.4. The van der Waals surface area contributed by atoms with Crippen molar-refractivity contribution < 1.29 is 18.7 Å². The van der Waals surface area contributed by atoms with E-state index < -0.39 is 17.4 Å². The van der Waals surface area contributed by atoms with Crippen LogP contribution < -0.4 is 10.7 Å². The first-order chi connectivity index (χ1) is 16.6. The van der Waals surface area contributed by atoms with E-state index in [1.165, 1.54) is 6.20 Å². The van der Waals surface area contributed by atoms with E-state index in [4.69, 9.17) is 20.4 Å². The highest BCUT2D eigenvalue weighted by atomic mass is 35.5. The largest absolute Gasteiger partial charge is 0.463 e. The third kappa shape index (κ3) is 5.51. The van der Waals surface area contributed by atoms with Gasteiger partial charge in [-0.2, -0.15) is 0 Å². The number of nitrogens with zero attached hydrogens (tertiary/aromatic N) is 2. The van der Waals surface area contributed by atoms with Crippen molar-refractivity contribution in [3.05, 3.63) is 91.8 Å². The number of aliphatic hydroxyl groups excluding tert-OH is 1. The fourth-order valence-corrected chi connectivity index (χ4v) is 4.04. The summed E-state index contributed by atoms with van der Waals surface area (Å²) in [5, 5.41) is 14.2. The lowest BCUT2D eigenvalue weighted by molar-refractivity contribution is 0.0949. The molecule has 0 spiro atoms. The van der Waals surface area contributed by atoms with Gasteiger partial charge in [0.1, 0.15) is 28.9 Å². The van der Waals surface area contributed by atoms with Crippen LogP contribution in [0.25, 0.3) is 11.1 Å². The third-order valence-corrected chi connectivity index (χ3v) is 6.18. The molecule has 1 atom stereocenters. The minimum absolute atomic E-state index is 0.0358. The molecular formula is C26H28ClN3O5. The number of rotatable bonds is 8. The highest BCUT2D eigenvalue weighted by Crippen LogP contribution is 2.22. The monoisotopic (exact) mass is 497 g/mol. The van der Waals surface area contributed by atoms with Crippen LogP contribution >= 0.6 is 11.6 Å². The molecule has 2 N–H and O–H groups in total. The Bertz CT molecular complexity index is 1400. The van der Waals surface area contributed by atoms with Crippen LogP contribution in [0.1, 0.15) is 44.9 Å². The van der Waals surface area contributed by atoms with E-state index in [1.54, 1.807) is 29.8 Å². The number of aliphatic hydroxyl groups is 1. The fraction of sp³-hybridized carbons (Fsp3) is 0.308. The first-order valence-corrected chi connectivity index (χ1v) is 11.6. The molecule has 0 radical (unpaired) electrons. The van der Waals surface area contributed by atoms with Gasteiger partial charge >= 0.3 is 0 Å². The summed E-state index contributed by atoms with van der Waals surface area (Å²) < 4.78 is 13.1. The van der Waals surface area contributed by atoms with Gasteiger partial charge in [0.25, 0.3) is 5.91 Å². The summed E-state index contributed by atoms with van der Waals surface area (Å²) in [6.45, 7) is 4.74. The number of benzene rings is 1. The highest BCUT2D eigenvalue weighted by Gasteiger charge is 2.20. The van der Waals surface area contributed by atoms with Gasteiger partial charge in [-0.3, -0.25) is 14.5 Å². The summed E-state index contributed by atoms with van der Waals surface area (Å²) in [4.78, 5) is 27.7. The predicted octanol–water partition coefficient (Wildman–Crippen LogP) is 4.09. The second-order valence-corrected chi connectivity index (χ2v) is 9.26. The summed E-state index contributed by atoms with van der Waals surface area (Å²) in [5.41, 5.74) is 1.88. The van der Waals surface area contributed by atoms with Crippen LogP contribution in [0.2, 0.25) is 5.02 Å². The zero-order chi connectivity index (χ0) is 25.3. The first kappa shape index (κ1) is 24.8. The Morgan fingerprint density at radius 3 is 2.57 bits per heavy atom. The average Bonchev–Trinajstić information content (AvgIpc) is 3.39. The quantitative estimate of drug-likeness (QED) is 0.380. The van der Waals surface area contributed by atoms with E-state index in [1.807, 2.05) is 44.0 Å². The van der Waals surface area contributed by atoms with E-state index in [0.29, 0.717) is 40.7 Å². The lowest BCUT2D eigenvalue weighted by Crippen LogP contribution is -2.29. The van der Waals surface area contributed by atoms with Gasteiger partial charge in [-0.15, -0.1) is 0 Å². The number of aryl methyl sites for hydroxylation is 3. The molecule has 3 heterocycles. The van der Waals surface area contributed by atoms with E-state index in [0.717, 1.165) is 16.9 Å². The number of hydrogen-bond donors (Lipinski definition) is 2. The maximum Gasteiger partial charge on any atom is 0.257 e. The molecule has 0 aliphatic carbocycles. The molecule has 0 aliphatic heterocycles.